The Morgan fingerprint density at radius 2 is 1.60 bits per heavy atom. The molecule has 0 saturated heterocycles. The summed E-state index contributed by atoms with van der Waals surface area (Å²) < 4.78 is 13.9. The van der Waals surface area contributed by atoms with E-state index in [9.17, 15) is 5.11 Å². The largest absolute Gasteiger partial charge is 0.410 e. The third-order valence-corrected chi connectivity index (χ3v) is 22.8. The van der Waals surface area contributed by atoms with Crippen LogP contribution in [0.15, 0.2) is 47.6 Å². The molecule has 3 saturated carbocycles. The Morgan fingerprint density at radius 1 is 0.979 bits per heavy atom. The summed E-state index contributed by atoms with van der Waals surface area (Å²) in [5.74, 6) is 1.61. The second kappa shape index (κ2) is 15.3. The molecule has 0 amide bonds. The molecule has 0 spiro atoms. The van der Waals surface area contributed by atoms with Crippen LogP contribution in [0.5, 0.6) is 0 Å². The molecule has 0 aromatic rings. The van der Waals surface area contributed by atoms with Gasteiger partial charge in [0.25, 0.3) is 0 Å². The summed E-state index contributed by atoms with van der Waals surface area (Å²) in [6.45, 7) is 37.0. The van der Waals surface area contributed by atoms with E-state index in [0.717, 1.165) is 23.0 Å². The summed E-state index contributed by atoms with van der Waals surface area (Å²) >= 11 is 0. The lowest BCUT2D eigenvalue weighted by Crippen LogP contribution is -2.55. The quantitative estimate of drug-likeness (QED) is 0.126. The molecule has 6 atom stereocenters. The van der Waals surface area contributed by atoms with Crippen molar-refractivity contribution in [3.05, 3.63) is 47.6 Å². The molecule has 0 heterocycles. The van der Waals surface area contributed by atoms with Crippen LogP contribution in [0, 0.1) is 29.1 Å². The molecule has 0 aromatic carbocycles. The highest BCUT2D eigenvalue weighted by Gasteiger charge is 2.52. The minimum absolute atomic E-state index is 0.00412. The highest BCUT2D eigenvalue weighted by atomic mass is 28.4. The molecule has 3 aliphatic rings. The van der Waals surface area contributed by atoms with Gasteiger partial charge in [0.05, 0.1) is 6.10 Å². The van der Waals surface area contributed by atoms with E-state index in [-0.39, 0.29) is 16.2 Å². The van der Waals surface area contributed by atoms with Crippen molar-refractivity contribution in [2.24, 2.45) is 29.1 Å². The van der Waals surface area contributed by atoms with Crippen molar-refractivity contribution in [1.29, 1.82) is 0 Å². The van der Waals surface area contributed by atoms with E-state index < -0.39 is 22.4 Å². The van der Waals surface area contributed by atoms with Gasteiger partial charge in [-0.25, -0.2) is 0 Å². The zero-order valence-electron chi connectivity index (χ0n) is 33.4. The maximum Gasteiger partial charge on any atom is 0.195 e. The fourth-order valence-corrected chi connectivity index (χ4v) is 11.1. The van der Waals surface area contributed by atoms with Crippen molar-refractivity contribution in [1.82, 2.24) is 0 Å². The van der Waals surface area contributed by atoms with E-state index in [1.807, 2.05) is 0 Å². The fraction of sp³-hybridized carbons (Fsp3) is 0.810. The molecule has 3 aliphatic carbocycles. The van der Waals surface area contributed by atoms with Crippen molar-refractivity contribution in [2.75, 3.05) is 0 Å². The maximum atomic E-state index is 12.2. The van der Waals surface area contributed by atoms with E-state index in [4.69, 9.17) is 8.85 Å². The molecule has 5 heteroatoms. The van der Waals surface area contributed by atoms with Crippen molar-refractivity contribution >= 4 is 16.6 Å². The second-order valence-corrected chi connectivity index (χ2v) is 28.6. The predicted octanol–water partition coefficient (Wildman–Crippen LogP) is 12.9. The minimum Gasteiger partial charge on any atom is -0.410 e. The van der Waals surface area contributed by atoms with Crippen LogP contribution in [0.4, 0.5) is 0 Å². The number of hydrogen-bond acceptors (Lipinski definition) is 3. The lowest BCUT2D eigenvalue weighted by atomic mass is 9.61. The lowest BCUT2D eigenvalue weighted by molar-refractivity contribution is -0.168. The molecule has 0 radical (unpaired) electrons. The van der Waals surface area contributed by atoms with E-state index in [1.54, 1.807) is 5.57 Å². The Balaban J connectivity index is 1.89. The van der Waals surface area contributed by atoms with E-state index in [1.165, 1.54) is 57.8 Å². The average Bonchev–Trinajstić information content (AvgIpc) is 3.30. The van der Waals surface area contributed by atoms with Crippen LogP contribution in [0.1, 0.15) is 140 Å². The maximum absolute atomic E-state index is 12.2. The molecule has 0 unspecified atom stereocenters. The Morgan fingerprint density at radius 3 is 2.17 bits per heavy atom. The minimum atomic E-state index is -2.24. The SMILES string of the molecule is C=C1/C(=C/C=C2CCC[C@]3(C)[C@@H]([C@H](C)C=CCCC(CC)CC)CC[C@@H]23)C[C@@](O)(O[Si](C)(C)C(C)(C)C)C[C@@H]1O[Si](C)(C)C(C)(C)C. The van der Waals surface area contributed by atoms with Gasteiger partial charge in [0.1, 0.15) is 0 Å². The molecular weight excluding hydrogens is 609 g/mol. The summed E-state index contributed by atoms with van der Waals surface area (Å²) in [6, 6.07) is 0. The van der Waals surface area contributed by atoms with Gasteiger partial charge >= 0.3 is 0 Å². The van der Waals surface area contributed by atoms with Crippen molar-refractivity contribution in [3.8, 4) is 0 Å². The molecule has 270 valence electrons. The number of rotatable bonds is 12. The van der Waals surface area contributed by atoms with Crippen molar-refractivity contribution in [3.63, 3.8) is 0 Å². The van der Waals surface area contributed by atoms with Crippen LogP contribution in [0.3, 0.4) is 0 Å². The van der Waals surface area contributed by atoms with E-state index >= 15 is 0 Å². The van der Waals surface area contributed by atoms with Crippen LogP contribution in [-0.2, 0) is 8.85 Å². The Labute approximate surface area is 294 Å². The first-order valence-electron chi connectivity index (χ1n) is 19.4. The van der Waals surface area contributed by atoms with Crippen LogP contribution in [-0.4, -0.2) is 33.6 Å². The number of hydrogen-bond donors (Lipinski definition) is 1. The molecule has 3 rings (SSSR count). The summed E-state index contributed by atoms with van der Waals surface area (Å²) in [5.41, 5.74) is 4.09. The smallest absolute Gasteiger partial charge is 0.195 e. The predicted molar refractivity (Wildman–Crippen MR) is 210 cm³/mol. The topological polar surface area (TPSA) is 38.7 Å². The lowest BCUT2D eigenvalue weighted by Gasteiger charge is -2.49. The van der Waals surface area contributed by atoms with Gasteiger partial charge < -0.3 is 14.0 Å². The van der Waals surface area contributed by atoms with Crippen LogP contribution < -0.4 is 0 Å². The van der Waals surface area contributed by atoms with Gasteiger partial charge in [-0.3, -0.25) is 0 Å². The number of fused-ring (bicyclic) bond motifs is 1. The van der Waals surface area contributed by atoms with Gasteiger partial charge in [-0.1, -0.05) is 119 Å². The number of allylic oxidation sites excluding steroid dienone is 5. The molecule has 3 nitrogen and oxygen atoms in total. The summed E-state index contributed by atoms with van der Waals surface area (Å²) in [5, 5.41) is 12.3. The molecule has 1 N–H and O–H groups in total. The molecule has 0 aromatic heterocycles. The molecule has 0 bridgehead atoms. The van der Waals surface area contributed by atoms with Gasteiger partial charge in [0, 0.05) is 12.8 Å². The molecule has 3 fully saturated rings. The van der Waals surface area contributed by atoms with Crippen LogP contribution in [0.2, 0.25) is 36.3 Å². The molecule has 0 aliphatic heterocycles. The van der Waals surface area contributed by atoms with E-state index in [0.29, 0.717) is 30.1 Å². The first-order valence-corrected chi connectivity index (χ1v) is 25.2. The number of aliphatic hydroxyl groups is 1. The summed E-state index contributed by atoms with van der Waals surface area (Å²) in [7, 11) is -4.35. The van der Waals surface area contributed by atoms with Gasteiger partial charge in [-0.05, 0) is 121 Å². The Bertz CT molecular complexity index is 1160. The summed E-state index contributed by atoms with van der Waals surface area (Å²) in [6.07, 6.45) is 22.0. The molecular formula is C42H76O3Si2. The third kappa shape index (κ3) is 9.54. The zero-order valence-corrected chi connectivity index (χ0v) is 35.4. The van der Waals surface area contributed by atoms with Crippen molar-refractivity contribution < 1.29 is 14.0 Å². The average molecular weight is 685 g/mol. The monoisotopic (exact) mass is 685 g/mol. The summed E-state index contributed by atoms with van der Waals surface area (Å²) in [4.78, 5) is 0. The second-order valence-electron chi connectivity index (χ2n) is 19.2. The van der Waals surface area contributed by atoms with E-state index in [2.05, 4.69) is 126 Å². The highest BCUT2D eigenvalue weighted by Crippen LogP contribution is 2.59. The van der Waals surface area contributed by atoms with Gasteiger partial charge in [-0.15, -0.1) is 0 Å². The Kier molecular flexibility index (Phi) is 13.2. The van der Waals surface area contributed by atoms with Gasteiger partial charge in [0.2, 0.25) is 0 Å². The first kappa shape index (κ1) is 40.7. The normalized spacial score (nSPS) is 32.2. The fourth-order valence-electron chi connectivity index (χ4n) is 8.44. The van der Waals surface area contributed by atoms with Crippen LogP contribution in [0.25, 0.3) is 0 Å². The molecule has 47 heavy (non-hydrogen) atoms. The third-order valence-electron chi connectivity index (χ3n) is 13.8. The van der Waals surface area contributed by atoms with Crippen LogP contribution >= 0.6 is 0 Å². The first-order chi connectivity index (χ1) is 21.5. The standard InChI is InChI=1S/C42H76O3Si2/c1-16-33(17-2)22-19-18-21-31(3)36-26-27-37-34(23-20-28-41(36,37)11)24-25-35-29-42(43,45-47(14,15)40(8,9)10)30-38(32(35)4)44-46(12,13)39(5,6)7/h18,21,24-25,31,33,36-38,43H,4,16-17,19-20,22-23,26-30H2,1-3,5-15H3/b21-18?,34-24?,35-25+/t31-,36-,37+,38+,41-,42-/m1/s1. The Hall–Kier alpha value is -0.726. The van der Waals surface area contributed by atoms with Gasteiger partial charge in [0.15, 0.2) is 22.4 Å². The van der Waals surface area contributed by atoms with Gasteiger partial charge in [-0.2, -0.15) is 0 Å². The van der Waals surface area contributed by atoms with Crippen molar-refractivity contribution in [2.45, 2.75) is 188 Å². The zero-order chi connectivity index (χ0) is 35.6. The highest BCUT2D eigenvalue weighted by molar-refractivity contribution is 6.74.